The smallest absolute Gasteiger partial charge is 0.243 e. The van der Waals surface area contributed by atoms with E-state index in [9.17, 15) is 13.2 Å². The van der Waals surface area contributed by atoms with Crippen molar-refractivity contribution in [1.82, 2.24) is 4.31 Å². The molecule has 1 heterocycles. The third-order valence-corrected chi connectivity index (χ3v) is 7.04. The molecule has 0 radical (unpaired) electrons. The molecular formula is C17H24N2O3S. The number of nitrogens with zero attached hydrogens (tertiary/aromatic N) is 2. The minimum Gasteiger partial charge on any atom is -0.312 e. The fourth-order valence-corrected chi connectivity index (χ4v) is 4.80. The maximum Gasteiger partial charge on any atom is 0.243 e. The van der Waals surface area contributed by atoms with Crippen molar-refractivity contribution in [2.75, 3.05) is 18.5 Å². The molecule has 1 saturated carbocycles. The molecule has 23 heavy (non-hydrogen) atoms. The van der Waals surface area contributed by atoms with Gasteiger partial charge in [0, 0.05) is 32.2 Å². The van der Waals surface area contributed by atoms with E-state index in [-0.39, 0.29) is 11.9 Å². The van der Waals surface area contributed by atoms with Crippen LogP contribution in [0.15, 0.2) is 23.1 Å². The summed E-state index contributed by atoms with van der Waals surface area (Å²) in [5.41, 5.74) is 1.79. The minimum absolute atomic E-state index is 0.000954. The van der Waals surface area contributed by atoms with Gasteiger partial charge >= 0.3 is 0 Å². The average molecular weight is 336 g/mol. The zero-order valence-electron chi connectivity index (χ0n) is 13.9. The van der Waals surface area contributed by atoms with Crippen LogP contribution in [0.1, 0.15) is 38.7 Å². The standard InChI is InChI=1S/C17H24N2O3S/c1-12(14-6-7-14)18(3)23(21,22)16-8-9-17-15(11-16)5-4-10-19(17)13(2)20/h8-9,11-12,14H,4-7,10H2,1-3H3. The van der Waals surface area contributed by atoms with Crippen molar-refractivity contribution in [2.24, 2.45) is 5.92 Å². The highest BCUT2D eigenvalue weighted by atomic mass is 32.2. The molecule has 6 heteroatoms. The van der Waals surface area contributed by atoms with E-state index in [2.05, 4.69) is 0 Å². The molecule has 1 atom stereocenters. The molecule has 0 bridgehead atoms. The Balaban J connectivity index is 1.93. The van der Waals surface area contributed by atoms with Gasteiger partial charge in [-0.15, -0.1) is 0 Å². The number of rotatable bonds is 4. The van der Waals surface area contributed by atoms with Gasteiger partial charge in [0.1, 0.15) is 0 Å². The quantitative estimate of drug-likeness (QED) is 0.848. The second kappa shape index (κ2) is 5.91. The average Bonchev–Trinajstić information content (AvgIpc) is 3.36. The first-order valence-corrected chi connectivity index (χ1v) is 9.65. The Bertz CT molecular complexity index is 725. The highest BCUT2D eigenvalue weighted by Gasteiger charge is 2.36. The highest BCUT2D eigenvalue weighted by Crippen LogP contribution is 2.37. The van der Waals surface area contributed by atoms with Crippen LogP contribution < -0.4 is 4.90 Å². The van der Waals surface area contributed by atoms with Gasteiger partial charge in [-0.05, 0) is 62.3 Å². The van der Waals surface area contributed by atoms with Crippen LogP contribution in [0.2, 0.25) is 0 Å². The number of fused-ring (bicyclic) bond motifs is 1. The van der Waals surface area contributed by atoms with Crippen LogP contribution in [0.25, 0.3) is 0 Å². The molecule has 126 valence electrons. The van der Waals surface area contributed by atoms with Crippen LogP contribution >= 0.6 is 0 Å². The third-order valence-electron chi connectivity index (χ3n) is 5.10. The number of aryl methyl sites for hydroxylation is 1. The first kappa shape index (κ1) is 16.5. The molecule has 2 aliphatic rings. The number of anilines is 1. The van der Waals surface area contributed by atoms with Gasteiger partial charge in [-0.3, -0.25) is 4.79 Å². The summed E-state index contributed by atoms with van der Waals surface area (Å²) in [5.74, 6) is 0.488. The fraction of sp³-hybridized carbons (Fsp3) is 0.588. The van der Waals surface area contributed by atoms with Crippen molar-refractivity contribution in [3.05, 3.63) is 23.8 Å². The molecule has 1 aromatic rings. The second-order valence-corrected chi connectivity index (χ2v) is 8.66. The molecule has 0 saturated heterocycles. The largest absolute Gasteiger partial charge is 0.312 e. The van der Waals surface area contributed by atoms with Crippen molar-refractivity contribution >= 4 is 21.6 Å². The van der Waals surface area contributed by atoms with Gasteiger partial charge < -0.3 is 4.90 Å². The third kappa shape index (κ3) is 3.02. The number of sulfonamides is 1. The normalized spacial score (nSPS) is 19.6. The van der Waals surface area contributed by atoms with Crippen molar-refractivity contribution in [3.8, 4) is 0 Å². The van der Waals surface area contributed by atoms with Crippen molar-refractivity contribution in [2.45, 2.75) is 50.5 Å². The van der Waals surface area contributed by atoms with Crippen LogP contribution in [0.3, 0.4) is 0 Å². The van der Waals surface area contributed by atoms with E-state index in [0.29, 0.717) is 17.4 Å². The summed E-state index contributed by atoms with van der Waals surface area (Å²) in [4.78, 5) is 13.8. The summed E-state index contributed by atoms with van der Waals surface area (Å²) in [7, 11) is -1.82. The molecule has 1 fully saturated rings. The zero-order chi connectivity index (χ0) is 16.8. The molecule has 1 amide bonds. The van der Waals surface area contributed by atoms with E-state index >= 15 is 0 Å². The van der Waals surface area contributed by atoms with Crippen LogP contribution in [-0.2, 0) is 21.2 Å². The predicted octanol–water partition coefficient (Wildman–Crippen LogP) is 2.40. The lowest BCUT2D eigenvalue weighted by molar-refractivity contribution is -0.116. The number of benzene rings is 1. The molecule has 0 aromatic heterocycles. The maximum absolute atomic E-state index is 12.9. The maximum atomic E-state index is 12.9. The first-order chi connectivity index (χ1) is 10.8. The van der Waals surface area contributed by atoms with Crippen LogP contribution in [0, 0.1) is 5.92 Å². The van der Waals surface area contributed by atoms with Gasteiger partial charge in [0.05, 0.1) is 4.90 Å². The zero-order valence-corrected chi connectivity index (χ0v) is 14.8. The molecule has 1 aliphatic carbocycles. The summed E-state index contributed by atoms with van der Waals surface area (Å²) in [6.45, 7) is 4.23. The van der Waals surface area contributed by atoms with Gasteiger partial charge in [-0.25, -0.2) is 8.42 Å². The monoisotopic (exact) mass is 336 g/mol. The van der Waals surface area contributed by atoms with Crippen molar-refractivity contribution in [3.63, 3.8) is 0 Å². The number of hydrogen-bond donors (Lipinski definition) is 0. The Morgan fingerprint density at radius 3 is 2.65 bits per heavy atom. The lowest BCUT2D eigenvalue weighted by Gasteiger charge is -2.30. The highest BCUT2D eigenvalue weighted by molar-refractivity contribution is 7.89. The van der Waals surface area contributed by atoms with E-state index in [1.165, 1.54) is 4.31 Å². The van der Waals surface area contributed by atoms with E-state index in [1.807, 2.05) is 6.92 Å². The molecular weight excluding hydrogens is 312 g/mol. The lowest BCUT2D eigenvalue weighted by atomic mass is 10.0. The molecule has 1 aromatic carbocycles. The number of carbonyl (C=O) groups excluding carboxylic acids is 1. The van der Waals surface area contributed by atoms with Gasteiger partial charge in [-0.1, -0.05) is 0 Å². The van der Waals surface area contributed by atoms with Gasteiger partial charge in [-0.2, -0.15) is 4.31 Å². The summed E-state index contributed by atoms with van der Waals surface area (Å²) < 4.78 is 27.2. The molecule has 0 N–H and O–H groups in total. The first-order valence-electron chi connectivity index (χ1n) is 8.21. The number of hydrogen-bond acceptors (Lipinski definition) is 3. The lowest BCUT2D eigenvalue weighted by Crippen LogP contribution is -2.37. The van der Waals surface area contributed by atoms with E-state index in [4.69, 9.17) is 0 Å². The van der Waals surface area contributed by atoms with E-state index in [1.54, 1.807) is 37.1 Å². The Labute approximate surface area is 138 Å². The second-order valence-electron chi connectivity index (χ2n) is 6.66. The Hall–Kier alpha value is -1.40. The van der Waals surface area contributed by atoms with Gasteiger partial charge in [0.25, 0.3) is 0 Å². The molecule has 5 nitrogen and oxygen atoms in total. The van der Waals surface area contributed by atoms with Gasteiger partial charge in [0.15, 0.2) is 0 Å². The topological polar surface area (TPSA) is 57.7 Å². The summed E-state index contributed by atoms with van der Waals surface area (Å²) >= 11 is 0. The Morgan fingerprint density at radius 1 is 1.35 bits per heavy atom. The van der Waals surface area contributed by atoms with Crippen molar-refractivity contribution in [1.29, 1.82) is 0 Å². The Kier molecular flexibility index (Phi) is 4.23. The molecule has 0 spiro atoms. The number of amides is 1. The summed E-state index contributed by atoms with van der Waals surface area (Å²) in [5, 5.41) is 0. The van der Waals surface area contributed by atoms with Crippen LogP contribution in [0.5, 0.6) is 0 Å². The van der Waals surface area contributed by atoms with Gasteiger partial charge in [0.2, 0.25) is 15.9 Å². The number of carbonyl (C=O) groups is 1. The van der Waals surface area contributed by atoms with E-state index in [0.717, 1.165) is 36.9 Å². The molecule has 1 aliphatic heterocycles. The molecule has 3 rings (SSSR count). The summed E-state index contributed by atoms with van der Waals surface area (Å²) in [6.07, 6.45) is 3.90. The van der Waals surface area contributed by atoms with Crippen molar-refractivity contribution < 1.29 is 13.2 Å². The molecule has 1 unspecified atom stereocenters. The van der Waals surface area contributed by atoms with Crippen LogP contribution in [0.4, 0.5) is 5.69 Å². The van der Waals surface area contributed by atoms with Crippen LogP contribution in [-0.4, -0.2) is 38.3 Å². The fourth-order valence-electron chi connectivity index (χ4n) is 3.32. The van der Waals surface area contributed by atoms with E-state index < -0.39 is 10.0 Å². The summed E-state index contributed by atoms with van der Waals surface area (Å²) in [6, 6.07) is 5.18. The minimum atomic E-state index is -3.48. The Morgan fingerprint density at radius 2 is 2.04 bits per heavy atom. The SMILES string of the molecule is CC(=O)N1CCCc2cc(S(=O)(=O)N(C)C(C)C3CC3)ccc21. The predicted molar refractivity (Wildman–Crippen MR) is 89.9 cm³/mol.